The second kappa shape index (κ2) is 9.74. The lowest BCUT2D eigenvalue weighted by molar-refractivity contribution is -0.123. The van der Waals surface area contributed by atoms with E-state index in [1.165, 1.54) is 44.1 Å². The second-order valence-electron chi connectivity index (χ2n) is 6.86. The van der Waals surface area contributed by atoms with Crippen LogP contribution in [0.1, 0.15) is 50.7 Å². The Morgan fingerprint density at radius 2 is 2.12 bits per heavy atom. The Balaban J connectivity index is 1.56. The number of hydrogen-bond acceptors (Lipinski definition) is 3. The van der Waals surface area contributed by atoms with Gasteiger partial charge in [-0.3, -0.25) is 4.79 Å². The first-order chi connectivity index (χ1) is 11.5. The predicted molar refractivity (Wildman–Crippen MR) is 93.1 cm³/mol. The van der Waals surface area contributed by atoms with E-state index >= 15 is 0 Å². The molecule has 1 aromatic carbocycles. The molecule has 1 unspecified atom stereocenters. The number of unbranched alkanes of at least 4 members (excludes halogenated alkanes) is 1. The maximum atomic E-state index is 13.1. The molecule has 1 aliphatic heterocycles. The van der Waals surface area contributed by atoms with Crippen molar-refractivity contribution in [3.63, 3.8) is 0 Å². The highest BCUT2D eigenvalue weighted by atomic mass is 19.1. The Labute approximate surface area is 144 Å². The van der Waals surface area contributed by atoms with Crippen LogP contribution in [0.25, 0.3) is 0 Å². The highest BCUT2D eigenvalue weighted by Crippen LogP contribution is 2.17. The van der Waals surface area contributed by atoms with E-state index in [1.807, 2.05) is 0 Å². The molecule has 24 heavy (non-hydrogen) atoms. The third-order valence-corrected chi connectivity index (χ3v) is 4.71. The number of nitrogens with one attached hydrogen (secondary N) is 1. The molecule has 1 saturated heterocycles. The fraction of sp³-hybridized carbons (Fsp3) is 0.632. The molecule has 2 rings (SSSR count). The summed E-state index contributed by atoms with van der Waals surface area (Å²) in [7, 11) is 0. The van der Waals surface area contributed by atoms with Gasteiger partial charge in [0.1, 0.15) is 5.82 Å². The molecule has 5 heteroatoms. The standard InChI is InChI=1S/C19H29FN2O2/c1-15-7-11-22(12-8-15)10-3-2-9-21-19(24)14-18(23)16-5-4-6-17(20)13-16/h4-6,13,15,18,23H,2-3,7-12,14H2,1H3,(H,21,24). The highest BCUT2D eigenvalue weighted by Gasteiger charge is 2.15. The van der Waals surface area contributed by atoms with Crippen LogP contribution in [0.4, 0.5) is 4.39 Å². The predicted octanol–water partition coefficient (Wildman–Crippen LogP) is 2.88. The van der Waals surface area contributed by atoms with Crippen molar-refractivity contribution in [2.45, 2.75) is 45.1 Å². The van der Waals surface area contributed by atoms with Gasteiger partial charge in [0.05, 0.1) is 12.5 Å². The van der Waals surface area contributed by atoms with Crippen LogP contribution in [0, 0.1) is 11.7 Å². The molecular formula is C19H29FN2O2. The maximum absolute atomic E-state index is 13.1. The Kier molecular flexibility index (Phi) is 7.66. The first-order valence-corrected chi connectivity index (χ1v) is 8.97. The van der Waals surface area contributed by atoms with Crippen molar-refractivity contribution >= 4 is 5.91 Å². The van der Waals surface area contributed by atoms with Gasteiger partial charge in [-0.1, -0.05) is 19.1 Å². The third kappa shape index (κ3) is 6.57. The molecule has 1 atom stereocenters. The molecular weight excluding hydrogens is 307 g/mol. The zero-order valence-corrected chi connectivity index (χ0v) is 14.5. The number of amides is 1. The largest absolute Gasteiger partial charge is 0.388 e. The summed E-state index contributed by atoms with van der Waals surface area (Å²) in [5.41, 5.74) is 0.435. The lowest BCUT2D eigenvalue weighted by atomic mass is 9.99. The van der Waals surface area contributed by atoms with Gasteiger partial charge in [-0.05, 0) is 68.9 Å². The molecule has 1 aromatic rings. The molecule has 0 radical (unpaired) electrons. The SMILES string of the molecule is CC1CCN(CCCCNC(=O)CC(O)c2cccc(F)c2)CC1. The number of benzene rings is 1. The molecule has 0 aliphatic carbocycles. The number of carbonyl (C=O) groups is 1. The first kappa shape index (κ1) is 18.9. The number of rotatable bonds is 8. The van der Waals surface area contributed by atoms with Crippen LogP contribution in [0.3, 0.4) is 0 Å². The molecule has 2 N–H and O–H groups in total. The molecule has 1 heterocycles. The molecule has 134 valence electrons. The van der Waals surface area contributed by atoms with E-state index in [9.17, 15) is 14.3 Å². The number of carbonyl (C=O) groups excluding carboxylic acids is 1. The summed E-state index contributed by atoms with van der Waals surface area (Å²) < 4.78 is 13.1. The van der Waals surface area contributed by atoms with Gasteiger partial charge >= 0.3 is 0 Å². The molecule has 1 amide bonds. The number of hydrogen-bond donors (Lipinski definition) is 2. The zero-order valence-electron chi connectivity index (χ0n) is 14.5. The van der Waals surface area contributed by atoms with Gasteiger partial charge in [0.2, 0.25) is 5.91 Å². The van der Waals surface area contributed by atoms with Crippen molar-refractivity contribution in [3.8, 4) is 0 Å². The third-order valence-electron chi connectivity index (χ3n) is 4.71. The van der Waals surface area contributed by atoms with Crippen LogP contribution in [0.2, 0.25) is 0 Å². The summed E-state index contributed by atoms with van der Waals surface area (Å²) in [5.74, 6) is 0.252. The van der Waals surface area contributed by atoms with Crippen molar-refractivity contribution in [2.24, 2.45) is 5.92 Å². The molecule has 0 spiro atoms. The molecule has 0 saturated carbocycles. The van der Waals surface area contributed by atoms with Gasteiger partial charge < -0.3 is 15.3 Å². The van der Waals surface area contributed by atoms with Gasteiger partial charge in [-0.2, -0.15) is 0 Å². The highest BCUT2D eigenvalue weighted by molar-refractivity contribution is 5.76. The number of aliphatic hydroxyl groups is 1. The lowest BCUT2D eigenvalue weighted by Gasteiger charge is -2.30. The van der Waals surface area contributed by atoms with E-state index in [-0.39, 0.29) is 12.3 Å². The van der Waals surface area contributed by atoms with Gasteiger partial charge in [-0.25, -0.2) is 4.39 Å². The smallest absolute Gasteiger partial charge is 0.222 e. The van der Waals surface area contributed by atoms with Crippen LogP contribution in [-0.2, 0) is 4.79 Å². The van der Waals surface area contributed by atoms with Crippen LogP contribution in [-0.4, -0.2) is 42.1 Å². The van der Waals surface area contributed by atoms with Crippen molar-refractivity contribution in [3.05, 3.63) is 35.6 Å². The summed E-state index contributed by atoms with van der Waals surface area (Å²) in [6, 6.07) is 5.74. The van der Waals surface area contributed by atoms with E-state index in [1.54, 1.807) is 6.07 Å². The van der Waals surface area contributed by atoms with Crippen LogP contribution in [0.5, 0.6) is 0 Å². The molecule has 1 aliphatic rings. The van der Waals surface area contributed by atoms with Crippen molar-refractivity contribution < 1.29 is 14.3 Å². The number of likely N-dealkylation sites (tertiary alicyclic amines) is 1. The Hall–Kier alpha value is -1.46. The Bertz CT molecular complexity index is 516. The van der Waals surface area contributed by atoms with E-state index in [0.29, 0.717) is 12.1 Å². The van der Waals surface area contributed by atoms with Crippen molar-refractivity contribution in [1.82, 2.24) is 10.2 Å². The summed E-state index contributed by atoms with van der Waals surface area (Å²) in [5, 5.41) is 12.8. The van der Waals surface area contributed by atoms with Crippen LogP contribution in [0.15, 0.2) is 24.3 Å². The maximum Gasteiger partial charge on any atom is 0.222 e. The Morgan fingerprint density at radius 3 is 2.83 bits per heavy atom. The molecule has 0 aromatic heterocycles. The summed E-state index contributed by atoms with van der Waals surface area (Å²) in [4.78, 5) is 14.3. The normalized spacial score (nSPS) is 17.6. The number of nitrogens with zero attached hydrogens (tertiary/aromatic N) is 1. The van der Waals surface area contributed by atoms with E-state index in [0.717, 1.165) is 25.3 Å². The monoisotopic (exact) mass is 336 g/mol. The van der Waals surface area contributed by atoms with Crippen molar-refractivity contribution in [1.29, 1.82) is 0 Å². The summed E-state index contributed by atoms with van der Waals surface area (Å²) in [6.07, 6.45) is 3.59. The van der Waals surface area contributed by atoms with E-state index < -0.39 is 11.9 Å². The van der Waals surface area contributed by atoms with Crippen LogP contribution < -0.4 is 5.32 Å². The minimum absolute atomic E-state index is 0.0343. The summed E-state index contributed by atoms with van der Waals surface area (Å²) >= 11 is 0. The van der Waals surface area contributed by atoms with Gasteiger partial charge in [-0.15, -0.1) is 0 Å². The second-order valence-corrected chi connectivity index (χ2v) is 6.86. The van der Waals surface area contributed by atoms with Gasteiger partial charge in [0.25, 0.3) is 0 Å². The van der Waals surface area contributed by atoms with Crippen LogP contribution >= 0.6 is 0 Å². The average Bonchev–Trinajstić information content (AvgIpc) is 2.56. The Morgan fingerprint density at radius 1 is 1.38 bits per heavy atom. The van der Waals surface area contributed by atoms with Gasteiger partial charge in [0.15, 0.2) is 0 Å². The zero-order chi connectivity index (χ0) is 17.4. The molecule has 0 bridgehead atoms. The minimum atomic E-state index is -0.962. The molecule has 1 fully saturated rings. The quantitative estimate of drug-likeness (QED) is 0.718. The fourth-order valence-electron chi connectivity index (χ4n) is 3.05. The topological polar surface area (TPSA) is 52.6 Å². The lowest BCUT2D eigenvalue weighted by Crippen LogP contribution is -2.34. The first-order valence-electron chi connectivity index (χ1n) is 8.97. The number of aliphatic hydroxyl groups excluding tert-OH is 1. The van der Waals surface area contributed by atoms with Crippen molar-refractivity contribution in [2.75, 3.05) is 26.2 Å². The molecule has 4 nitrogen and oxygen atoms in total. The summed E-state index contributed by atoms with van der Waals surface area (Å²) in [6.45, 7) is 6.40. The average molecular weight is 336 g/mol. The fourth-order valence-corrected chi connectivity index (χ4v) is 3.05. The number of piperidine rings is 1. The van der Waals surface area contributed by atoms with E-state index in [2.05, 4.69) is 17.1 Å². The van der Waals surface area contributed by atoms with Gasteiger partial charge in [0, 0.05) is 6.54 Å². The van der Waals surface area contributed by atoms with E-state index in [4.69, 9.17) is 0 Å². The number of halogens is 1. The minimum Gasteiger partial charge on any atom is -0.388 e.